The predicted molar refractivity (Wildman–Crippen MR) is 409 cm³/mol. The minimum absolute atomic E-state index is 0.104. The number of unbranched alkanes of at least 4 members (excludes halogenated alkanes) is 49. The van der Waals surface area contributed by atoms with Gasteiger partial charge in [0.25, 0.3) is 0 Å². The molecule has 0 aromatic carbocycles. The molecule has 0 aromatic heterocycles. The van der Waals surface area contributed by atoms with Crippen LogP contribution >= 0.6 is 15.6 Å². The highest BCUT2D eigenvalue weighted by atomic mass is 31.2. The zero-order valence-corrected chi connectivity index (χ0v) is 67.3. The van der Waals surface area contributed by atoms with Gasteiger partial charge in [-0.1, -0.05) is 375 Å². The van der Waals surface area contributed by atoms with E-state index in [1.54, 1.807) is 0 Å². The highest BCUT2D eigenvalue weighted by Gasteiger charge is 2.30. The molecule has 594 valence electrons. The molecule has 0 spiro atoms. The molecule has 0 aliphatic carbocycles. The fourth-order valence-electron chi connectivity index (χ4n) is 12.5. The quantitative estimate of drug-likeness (QED) is 0.0222. The van der Waals surface area contributed by atoms with Crippen LogP contribution in [0.15, 0.2) is 0 Å². The number of hydrogen-bond donors (Lipinski definition) is 3. The molecule has 0 rings (SSSR count). The van der Waals surface area contributed by atoms with Crippen LogP contribution in [0.5, 0.6) is 0 Å². The number of hydrogen-bond acceptors (Lipinski definition) is 15. The molecule has 0 fully saturated rings. The van der Waals surface area contributed by atoms with Gasteiger partial charge in [-0.15, -0.1) is 0 Å². The van der Waals surface area contributed by atoms with Crippen molar-refractivity contribution in [3.05, 3.63) is 0 Å². The van der Waals surface area contributed by atoms with Crippen LogP contribution in [0.3, 0.4) is 0 Å². The van der Waals surface area contributed by atoms with Crippen molar-refractivity contribution in [1.82, 2.24) is 0 Å². The molecule has 17 nitrogen and oxygen atoms in total. The van der Waals surface area contributed by atoms with Crippen molar-refractivity contribution in [2.45, 2.75) is 445 Å². The summed E-state index contributed by atoms with van der Waals surface area (Å²) in [6, 6.07) is 0. The average Bonchev–Trinajstić information content (AvgIpc) is 1.06. The summed E-state index contributed by atoms with van der Waals surface area (Å²) in [5.74, 6) is -0.536. The van der Waals surface area contributed by atoms with E-state index in [2.05, 4.69) is 41.5 Å². The molecule has 3 unspecified atom stereocenters. The first kappa shape index (κ1) is 98.1. The molecule has 0 aliphatic rings. The monoisotopic (exact) mass is 1470 g/mol. The lowest BCUT2D eigenvalue weighted by Crippen LogP contribution is -2.30. The molecule has 0 bridgehead atoms. The Kier molecular flexibility index (Phi) is 71.2. The smallest absolute Gasteiger partial charge is 0.462 e. The summed E-state index contributed by atoms with van der Waals surface area (Å²) in [7, 11) is -9.91. The van der Waals surface area contributed by atoms with E-state index in [0.717, 1.165) is 108 Å². The number of carbonyl (C=O) groups is 4. The zero-order valence-electron chi connectivity index (χ0n) is 65.5. The van der Waals surface area contributed by atoms with E-state index in [1.807, 2.05) is 0 Å². The Balaban J connectivity index is 5.08. The molecule has 0 radical (unpaired) electrons. The minimum Gasteiger partial charge on any atom is -0.462 e. The fourth-order valence-corrected chi connectivity index (χ4v) is 14.1. The Labute approximate surface area is 613 Å². The molecule has 0 saturated heterocycles. The number of ether oxygens (including phenoxy) is 4. The molecule has 100 heavy (non-hydrogen) atoms. The maximum absolute atomic E-state index is 13.1. The van der Waals surface area contributed by atoms with Crippen LogP contribution < -0.4 is 0 Å². The summed E-state index contributed by atoms with van der Waals surface area (Å²) in [5, 5.41) is 10.6. The number of esters is 4. The lowest BCUT2D eigenvalue weighted by molar-refractivity contribution is -0.161. The first-order chi connectivity index (χ1) is 48.4. The summed E-state index contributed by atoms with van der Waals surface area (Å²) >= 11 is 0. The van der Waals surface area contributed by atoms with Gasteiger partial charge in [0.05, 0.1) is 26.4 Å². The number of phosphoric ester groups is 2. The van der Waals surface area contributed by atoms with E-state index < -0.39 is 97.5 Å². The summed E-state index contributed by atoms with van der Waals surface area (Å²) in [5.41, 5.74) is 0. The van der Waals surface area contributed by atoms with Crippen LogP contribution in [0.2, 0.25) is 0 Å². The van der Waals surface area contributed by atoms with E-state index in [9.17, 15) is 43.2 Å². The lowest BCUT2D eigenvalue weighted by Gasteiger charge is -2.21. The third-order valence-corrected chi connectivity index (χ3v) is 21.2. The van der Waals surface area contributed by atoms with Crippen LogP contribution in [0.4, 0.5) is 0 Å². The molecule has 0 aliphatic heterocycles. The van der Waals surface area contributed by atoms with Crippen molar-refractivity contribution >= 4 is 39.5 Å². The van der Waals surface area contributed by atoms with Crippen molar-refractivity contribution in [3.8, 4) is 0 Å². The van der Waals surface area contributed by atoms with Gasteiger partial charge in [0.1, 0.15) is 19.3 Å². The summed E-state index contributed by atoms with van der Waals surface area (Å²) < 4.78 is 68.4. The summed E-state index contributed by atoms with van der Waals surface area (Å²) in [4.78, 5) is 72.6. The van der Waals surface area contributed by atoms with Crippen LogP contribution in [0, 0.1) is 11.8 Å². The highest BCUT2D eigenvalue weighted by molar-refractivity contribution is 7.47. The second-order valence-electron chi connectivity index (χ2n) is 29.9. The molecule has 19 heteroatoms. The van der Waals surface area contributed by atoms with Gasteiger partial charge in [0.2, 0.25) is 0 Å². The first-order valence-electron chi connectivity index (χ1n) is 42.0. The standard InChI is InChI=1S/C81H158O17P2/c1-7-10-12-14-15-16-17-18-19-20-21-22-23-24-28-31-34-37-40-46-52-58-64-79(84)92-70-77(98-80(85)65-59-53-47-41-38-35-32-29-26-25-27-30-33-36-39-45-51-56-62-74(6)9-3)72-96-100(89,90)94-68-75(82)67-93-99(87,88)95-71-76(69-91-78(83)63-57-49-13-11-8-2)97-81(86)66-60-54-48-43-42-44-50-55-61-73(4)5/h73-77,82H,7-72H2,1-6H3,(H,87,88)(H,89,90)/t74?,75-,76+,77+/m0/s1. The second kappa shape index (κ2) is 72.6. The highest BCUT2D eigenvalue weighted by Crippen LogP contribution is 2.45. The van der Waals surface area contributed by atoms with Crippen LogP contribution in [0.25, 0.3) is 0 Å². The molecule has 6 atom stereocenters. The van der Waals surface area contributed by atoms with Gasteiger partial charge >= 0.3 is 39.5 Å². The predicted octanol–water partition coefficient (Wildman–Crippen LogP) is 24.3. The van der Waals surface area contributed by atoms with E-state index in [0.29, 0.717) is 25.7 Å². The Hall–Kier alpha value is -1.94. The number of carbonyl (C=O) groups excluding carboxylic acids is 4. The SMILES string of the molecule is CCCCCCCCCCCCCCCCCCCCCCCCC(=O)OC[C@H](COP(=O)(O)OC[C@@H](O)COP(=O)(O)OC[C@@H](COC(=O)CCCCCCC)OC(=O)CCCCCCCCCCC(C)C)OC(=O)CCCCCCCCCCCCCCCCCCCCC(C)CC. The Morgan fingerprint density at radius 3 is 0.760 bits per heavy atom. The molecule has 0 heterocycles. The van der Waals surface area contributed by atoms with Gasteiger partial charge in [-0.3, -0.25) is 37.3 Å². The maximum Gasteiger partial charge on any atom is 0.472 e. The molecular weight excluding hydrogens is 1310 g/mol. The number of aliphatic hydroxyl groups is 1. The summed E-state index contributed by atoms with van der Waals surface area (Å²) in [6.45, 7) is 9.55. The Bertz CT molecular complexity index is 1930. The van der Waals surface area contributed by atoms with Crippen molar-refractivity contribution in [1.29, 1.82) is 0 Å². The molecular formula is C81H158O17P2. The topological polar surface area (TPSA) is 237 Å². The zero-order chi connectivity index (χ0) is 73.5. The average molecular weight is 1470 g/mol. The van der Waals surface area contributed by atoms with E-state index in [-0.39, 0.29) is 25.7 Å². The van der Waals surface area contributed by atoms with Gasteiger partial charge in [-0.05, 0) is 37.5 Å². The number of rotatable bonds is 80. The van der Waals surface area contributed by atoms with Crippen LogP contribution in [-0.2, 0) is 65.4 Å². The van der Waals surface area contributed by atoms with Crippen molar-refractivity contribution < 1.29 is 80.2 Å². The molecule has 0 aromatic rings. The van der Waals surface area contributed by atoms with Gasteiger partial charge < -0.3 is 33.8 Å². The third kappa shape index (κ3) is 73.0. The molecule has 0 amide bonds. The molecule has 3 N–H and O–H groups in total. The number of phosphoric acid groups is 2. The van der Waals surface area contributed by atoms with Gasteiger partial charge in [-0.25, -0.2) is 9.13 Å². The first-order valence-corrected chi connectivity index (χ1v) is 45.0. The van der Waals surface area contributed by atoms with E-state index in [4.69, 9.17) is 37.0 Å². The summed E-state index contributed by atoms with van der Waals surface area (Å²) in [6.07, 6.45) is 63.2. The number of aliphatic hydroxyl groups excluding tert-OH is 1. The van der Waals surface area contributed by atoms with Gasteiger partial charge in [-0.2, -0.15) is 0 Å². The normalized spacial score (nSPS) is 14.2. The van der Waals surface area contributed by atoms with Crippen LogP contribution in [0.1, 0.15) is 427 Å². The fraction of sp³-hybridized carbons (Fsp3) is 0.951. The van der Waals surface area contributed by atoms with Gasteiger partial charge in [0, 0.05) is 25.7 Å². The largest absolute Gasteiger partial charge is 0.472 e. The van der Waals surface area contributed by atoms with Crippen molar-refractivity contribution in [3.63, 3.8) is 0 Å². The van der Waals surface area contributed by atoms with Crippen molar-refractivity contribution in [2.24, 2.45) is 11.8 Å². The lowest BCUT2D eigenvalue weighted by atomic mass is 9.99. The van der Waals surface area contributed by atoms with Crippen molar-refractivity contribution in [2.75, 3.05) is 39.6 Å². The Morgan fingerprint density at radius 2 is 0.510 bits per heavy atom. The maximum atomic E-state index is 13.1. The third-order valence-electron chi connectivity index (χ3n) is 19.3. The van der Waals surface area contributed by atoms with Crippen LogP contribution in [-0.4, -0.2) is 96.7 Å². The van der Waals surface area contributed by atoms with Gasteiger partial charge in [0.15, 0.2) is 12.2 Å². The van der Waals surface area contributed by atoms with E-state index >= 15 is 0 Å². The van der Waals surface area contributed by atoms with E-state index in [1.165, 1.54) is 238 Å². The molecule has 0 saturated carbocycles. The Morgan fingerprint density at radius 1 is 0.290 bits per heavy atom. The second-order valence-corrected chi connectivity index (χ2v) is 32.8. The minimum atomic E-state index is -4.96.